The lowest BCUT2D eigenvalue weighted by Crippen LogP contribution is -2.19. The maximum Gasteiger partial charge on any atom is 0.416 e. The highest BCUT2D eigenvalue weighted by atomic mass is 32.2. The number of anilines is 1. The first-order valence-electron chi connectivity index (χ1n) is 6.12. The van der Waals surface area contributed by atoms with Crippen molar-refractivity contribution in [2.24, 2.45) is 5.92 Å². The van der Waals surface area contributed by atoms with Crippen molar-refractivity contribution in [2.75, 3.05) is 17.2 Å². The maximum absolute atomic E-state index is 12.5. The van der Waals surface area contributed by atoms with Crippen LogP contribution in [0.15, 0.2) is 18.2 Å². The quantitative estimate of drug-likeness (QED) is 0.820. The molecule has 6 heteroatoms. The zero-order valence-corrected chi connectivity index (χ0v) is 11.1. The lowest BCUT2D eigenvalue weighted by Gasteiger charge is -2.27. The smallest absolute Gasteiger partial charge is 0.398 e. The number of nitrogens with two attached hydrogens (primary N) is 1. The predicted molar refractivity (Wildman–Crippen MR) is 70.9 cm³/mol. The molecule has 1 heterocycles. The summed E-state index contributed by atoms with van der Waals surface area (Å²) in [6.45, 7) is 0. The number of hydrogen-bond donors (Lipinski definition) is 2. The van der Waals surface area contributed by atoms with Crippen molar-refractivity contribution < 1.29 is 18.3 Å². The van der Waals surface area contributed by atoms with Crippen LogP contribution >= 0.6 is 11.8 Å². The Morgan fingerprint density at radius 2 is 1.89 bits per heavy atom. The summed E-state index contributed by atoms with van der Waals surface area (Å²) in [5.74, 6) is 2.03. The molecule has 0 spiro atoms. The highest BCUT2D eigenvalue weighted by molar-refractivity contribution is 7.99. The number of aliphatic hydroxyl groups is 1. The summed E-state index contributed by atoms with van der Waals surface area (Å²) in [5.41, 5.74) is 5.30. The molecule has 0 radical (unpaired) electrons. The summed E-state index contributed by atoms with van der Waals surface area (Å²) in [7, 11) is 0. The largest absolute Gasteiger partial charge is 0.416 e. The van der Waals surface area contributed by atoms with Crippen molar-refractivity contribution >= 4 is 17.4 Å². The first kappa shape index (κ1) is 14.5. The molecular formula is C13H16F3NOS. The van der Waals surface area contributed by atoms with Crippen LogP contribution in [0.3, 0.4) is 0 Å². The number of alkyl halides is 3. The zero-order valence-electron chi connectivity index (χ0n) is 10.3. The van der Waals surface area contributed by atoms with Crippen molar-refractivity contribution in [1.29, 1.82) is 0 Å². The molecule has 2 rings (SSSR count). The average molecular weight is 291 g/mol. The van der Waals surface area contributed by atoms with Gasteiger partial charge in [-0.1, -0.05) is 6.07 Å². The van der Waals surface area contributed by atoms with E-state index < -0.39 is 17.8 Å². The third-order valence-electron chi connectivity index (χ3n) is 3.45. The summed E-state index contributed by atoms with van der Waals surface area (Å²) in [6.07, 6.45) is -3.44. The SMILES string of the molecule is Nc1cc(C(F)(F)F)ccc1C(O)C1CCSCC1. The van der Waals surface area contributed by atoms with Crippen LogP contribution in [0, 0.1) is 5.92 Å². The molecule has 1 unspecified atom stereocenters. The second kappa shape index (κ2) is 5.63. The summed E-state index contributed by atoms with van der Waals surface area (Å²) >= 11 is 1.83. The third-order valence-corrected chi connectivity index (χ3v) is 4.49. The molecule has 1 aromatic rings. The van der Waals surface area contributed by atoms with Gasteiger partial charge in [-0.2, -0.15) is 24.9 Å². The Balaban J connectivity index is 2.20. The fourth-order valence-corrected chi connectivity index (χ4v) is 3.45. The van der Waals surface area contributed by atoms with E-state index in [-0.39, 0.29) is 11.6 Å². The van der Waals surface area contributed by atoms with Crippen LogP contribution in [0.25, 0.3) is 0 Å². The Morgan fingerprint density at radius 1 is 1.26 bits per heavy atom. The maximum atomic E-state index is 12.5. The minimum Gasteiger partial charge on any atom is -0.398 e. The molecule has 1 aromatic carbocycles. The molecule has 1 saturated heterocycles. The molecule has 106 valence electrons. The zero-order chi connectivity index (χ0) is 14.0. The van der Waals surface area contributed by atoms with Gasteiger partial charge < -0.3 is 10.8 Å². The van der Waals surface area contributed by atoms with Crippen molar-refractivity contribution in [2.45, 2.75) is 25.1 Å². The number of aliphatic hydroxyl groups excluding tert-OH is 1. The molecule has 3 N–H and O–H groups in total. The van der Waals surface area contributed by atoms with Crippen LogP contribution in [0.2, 0.25) is 0 Å². The van der Waals surface area contributed by atoms with E-state index in [1.54, 1.807) is 0 Å². The molecule has 19 heavy (non-hydrogen) atoms. The topological polar surface area (TPSA) is 46.2 Å². The van der Waals surface area contributed by atoms with Crippen molar-refractivity contribution in [3.05, 3.63) is 29.3 Å². The fourth-order valence-electron chi connectivity index (χ4n) is 2.31. The van der Waals surface area contributed by atoms with Crippen molar-refractivity contribution in [3.63, 3.8) is 0 Å². The van der Waals surface area contributed by atoms with Gasteiger partial charge in [-0.3, -0.25) is 0 Å². The van der Waals surface area contributed by atoms with Gasteiger partial charge in [-0.15, -0.1) is 0 Å². The molecule has 1 atom stereocenters. The van der Waals surface area contributed by atoms with Crippen LogP contribution in [0.1, 0.15) is 30.1 Å². The molecule has 1 fully saturated rings. The fraction of sp³-hybridized carbons (Fsp3) is 0.538. The van der Waals surface area contributed by atoms with Gasteiger partial charge in [0.05, 0.1) is 11.7 Å². The Bertz CT molecular complexity index is 444. The van der Waals surface area contributed by atoms with Crippen LogP contribution < -0.4 is 5.73 Å². The van der Waals surface area contributed by atoms with Gasteiger partial charge in [0.2, 0.25) is 0 Å². The van der Waals surface area contributed by atoms with Gasteiger partial charge in [0.25, 0.3) is 0 Å². The van der Waals surface area contributed by atoms with Crippen LogP contribution in [0.5, 0.6) is 0 Å². The van der Waals surface area contributed by atoms with Crippen LogP contribution in [0.4, 0.5) is 18.9 Å². The molecule has 1 aliphatic heterocycles. The van der Waals surface area contributed by atoms with Crippen LogP contribution in [-0.4, -0.2) is 16.6 Å². The lowest BCUT2D eigenvalue weighted by atomic mass is 9.89. The molecule has 1 aliphatic rings. The Kier molecular flexibility index (Phi) is 4.30. The normalized spacial score (nSPS) is 19.4. The number of rotatable bonds is 2. The second-order valence-corrected chi connectivity index (χ2v) is 5.96. The van der Waals surface area contributed by atoms with E-state index in [0.29, 0.717) is 5.56 Å². The first-order chi connectivity index (χ1) is 8.89. The van der Waals surface area contributed by atoms with Gasteiger partial charge in [-0.05, 0) is 42.4 Å². The highest BCUT2D eigenvalue weighted by Gasteiger charge is 2.32. The molecule has 0 bridgehead atoms. The summed E-state index contributed by atoms with van der Waals surface area (Å²) in [6, 6.07) is 3.17. The van der Waals surface area contributed by atoms with E-state index in [0.717, 1.165) is 36.5 Å². The molecule has 0 aliphatic carbocycles. The van der Waals surface area contributed by atoms with Crippen molar-refractivity contribution in [3.8, 4) is 0 Å². The molecular weight excluding hydrogens is 275 g/mol. The first-order valence-corrected chi connectivity index (χ1v) is 7.27. The third kappa shape index (κ3) is 3.36. The predicted octanol–water partition coefficient (Wildman–Crippen LogP) is 3.46. The summed E-state index contributed by atoms with van der Waals surface area (Å²) in [4.78, 5) is 0. The Morgan fingerprint density at radius 3 is 2.42 bits per heavy atom. The van der Waals surface area contributed by atoms with E-state index in [4.69, 9.17) is 5.73 Å². The number of thioether (sulfide) groups is 1. The second-order valence-electron chi connectivity index (χ2n) is 4.74. The Hall–Kier alpha value is -0.880. The number of nitrogen functional groups attached to an aromatic ring is 1. The highest BCUT2D eigenvalue weighted by Crippen LogP contribution is 2.38. The van der Waals surface area contributed by atoms with Gasteiger partial charge in [0.1, 0.15) is 0 Å². The summed E-state index contributed by atoms with van der Waals surface area (Å²) in [5, 5.41) is 10.2. The molecule has 2 nitrogen and oxygen atoms in total. The number of hydrogen-bond acceptors (Lipinski definition) is 3. The van der Waals surface area contributed by atoms with Gasteiger partial charge in [0.15, 0.2) is 0 Å². The molecule has 0 saturated carbocycles. The lowest BCUT2D eigenvalue weighted by molar-refractivity contribution is -0.137. The number of benzene rings is 1. The van der Waals surface area contributed by atoms with Gasteiger partial charge in [-0.25, -0.2) is 0 Å². The van der Waals surface area contributed by atoms with E-state index in [9.17, 15) is 18.3 Å². The Labute approximate surface area is 114 Å². The van der Waals surface area contributed by atoms with E-state index in [2.05, 4.69) is 0 Å². The minimum atomic E-state index is -4.40. The van der Waals surface area contributed by atoms with Crippen LogP contribution in [-0.2, 0) is 6.18 Å². The van der Waals surface area contributed by atoms with Gasteiger partial charge in [0, 0.05) is 11.3 Å². The van der Waals surface area contributed by atoms with E-state index in [1.165, 1.54) is 6.07 Å². The number of halogens is 3. The average Bonchev–Trinajstić information content (AvgIpc) is 2.38. The standard InChI is InChI=1S/C13H16F3NOS/c14-13(15,16)9-1-2-10(11(17)7-9)12(18)8-3-5-19-6-4-8/h1-2,7-8,12,18H,3-6,17H2. The van der Waals surface area contributed by atoms with Crippen molar-refractivity contribution in [1.82, 2.24) is 0 Å². The molecule has 0 amide bonds. The van der Waals surface area contributed by atoms with Gasteiger partial charge >= 0.3 is 6.18 Å². The van der Waals surface area contributed by atoms with E-state index >= 15 is 0 Å². The summed E-state index contributed by atoms with van der Waals surface area (Å²) < 4.78 is 37.6. The molecule has 0 aromatic heterocycles. The van der Waals surface area contributed by atoms with E-state index in [1.807, 2.05) is 11.8 Å². The monoisotopic (exact) mass is 291 g/mol. The minimum absolute atomic E-state index is 0.0144.